The van der Waals surface area contributed by atoms with Gasteiger partial charge in [0.2, 0.25) is 0 Å². The van der Waals surface area contributed by atoms with E-state index in [0.717, 1.165) is 18.5 Å². The first-order chi connectivity index (χ1) is 8.08. The van der Waals surface area contributed by atoms with Crippen molar-refractivity contribution in [1.29, 1.82) is 0 Å². The maximum absolute atomic E-state index is 13.5. The number of methoxy groups -OCH3 is 1. The fraction of sp³-hybridized carbons (Fsp3) is 0.571. The zero-order valence-electron chi connectivity index (χ0n) is 11.1. The Morgan fingerprint density at radius 2 is 2.06 bits per heavy atom. The van der Waals surface area contributed by atoms with Crippen molar-refractivity contribution in [3.63, 3.8) is 0 Å². The molecule has 0 radical (unpaired) electrons. The summed E-state index contributed by atoms with van der Waals surface area (Å²) in [6.07, 6.45) is 0.870. The van der Waals surface area contributed by atoms with Gasteiger partial charge in [0.15, 0.2) is 11.6 Å². The van der Waals surface area contributed by atoms with Crippen LogP contribution in [0.25, 0.3) is 0 Å². The smallest absolute Gasteiger partial charge is 0.165 e. The van der Waals surface area contributed by atoms with E-state index in [9.17, 15) is 4.39 Å². The monoisotopic (exact) mass is 239 g/mol. The zero-order chi connectivity index (χ0) is 12.8. The van der Waals surface area contributed by atoms with Crippen molar-refractivity contribution in [3.8, 4) is 5.75 Å². The van der Waals surface area contributed by atoms with Gasteiger partial charge >= 0.3 is 0 Å². The van der Waals surface area contributed by atoms with Crippen molar-refractivity contribution in [3.05, 3.63) is 29.6 Å². The maximum atomic E-state index is 13.5. The normalized spacial score (nSPS) is 14.4. The van der Waals surface area contributed by atoms with Crippen LogP contribution < -0.4 is 10.1 Å². The second-order valence-electron chi connectivity index (χ2n) is 4.50. The number of halogens is 1. The largest absolute Gasteiger partial charge is 0.494 e. The molecule has 1 aromatic carbocycles. The minimum Gasteiger partial charge on any atom is -0.494 e. The molecule has 1 N–H and O–H groups in total. The van der Waals surface area contributed by atoms with E-state index in [1.54, 1.807) is 12.1 Å². The van der Waals surface area contributed by atoms with E-state index in [4.69, 9.17) is 4.74 Å². The van der Waals surface area contributed by atoms with E-state index >= 15 is 0 Å². The molecule has 0 fully saturated rings. The second-order valence-corrected chi connectivity index (χ2v) is 4.50. The highest BCUT2D eigenvalue weighted by Gasteiger charge is 2.12. The van der Waals surface area contributed by atoms with Gasteiger partial charge < -0.3 is 10.1 Å². The molecule has 0 aromatic heterocycles. The third-order valence-electron chi connectivity index (χ3n) is 3.15. The van der Waals surface area contributed by atoms with Crippen LogP contribution in [-0.4, -0.2) is 19.7 Å². The van der Waals surface area contributed by atoms with E-state index in [2.05, 4.69) is 26.1 Å². The van der Waals surface area contributed by atoms with Crippen LogP contribution in [0.2, 0.25) is 0 Å². The van der Waals surface area contributed by atoms with Gasteiger partial charge in [0.1, 0.15) is 0 Å². The fourth-order valence-electron chi connectivity index (χ4n) is 1.91. The maximum Gasteiger partial charge on any atom is 0.165 e. The van der Waals surface area contributed by atoms with Crippen molar-refractivity contribution in [1.82, 2.24) is 5.32 Å². The summed E-state index contributed by atoms with van der Waals surface area (Å²) < 4.78 is 18.4. The minimum absolute atomic E-state index is 0.284. The molecule has 0 aliphatic heterocycles. The van der Waals surface area contributed by atoms with Crippen LogP contribution in [0.5, 0.6) is 5.75 Å². The van der Waals surface area contributed by atoms with Crippen molar-refractivity contribution in [2.75, 3.05) is 13.7 Å². The van der Waals surface area contributed by atoms with Crippen LogP contribution in [0.15, 0.2) is 18.2 Å². The number of hydrogen-bond donors (Lipinski definition) is 1. The molecule has 2 unspecified atom stereocenters. The predicted molar refractivity (Wildman–Crippen MR) is 69.0 cm³/mol. The molecule has 0 amide bonds. The molecular weight excluding hydrogens is 217 g/mol. The molecule has 17 heavy (non-hydrogen) atoms. The Morgan fingerprint density at radius 1 is 1.35 bits per heavy atom. The van der Waals surface area contributed by atoms with Gasteiger partial charge in [-0.25, -0.2) is 4.39 Å². The van der Waals surface area contributed by atoms with Gasteiger partial charge in [-0.3, -0.25) is 0 Å². The quantitative estimate of drug-likeness (QED) is 0.824. The van der Waals surface area contributed by atoms with Gasteiger partial charge in [0.25, 0.3) is 0 Å². The summed E-state index contributed by atoms with van der Waals surface area (Å²) in [6, 6.07) is 5.62. The molecule has 0 saturated heterocycles. The van der Waals surface area contributed by atoms with Gasteiger partial charge in [-0.2, -0.15) is 0 Å². The molecule has 1 aromatic rings. The molecule has 0 bridgehead atoms. The van der Waals surface area contributed by atoms with Crippen LogP contribution >= 0.6 is 0 Å². The van der Waals surface area contributed by atoms with E-state index in [-0.39, 0.29) is 5.82 Å². The van der Waals surface area contributed by atoms with Crippen LogP contribution in [0, 0.1) is 11.7 Å². The fourth-order valence-corrected chi connectivity index (χ4v) is 1.91. The predicted octanol–water partition coefficient (Wildman–Crippen LogP) is 3.01. The van der Waals surface area contributed by atoms with Crippen LogP contribution in [0.4, 0.5) is 4.39 Å². The van der Waals surface area contributed by atoms with Gasteiger partial charge in [-0.05, 0) is 43.5 Å². The third-order valence-corrected chi connectivity index (χ3v) is 3.15. The molecular formula is C14H22FNO. The van der Waals surface area contributed by atoms with Crippen LogP contribution in [0.3, 0.4) is 0 Å². The highest BCUT2D eigenvalue weighted by Crippen LogP contribution is 2.20. The van der Waals surface area contributed by atoms with Gasteiger partial charge in [0, 0.05) is 6.04 Å². The lowest BCUT2D eigenvalue weighted by atomic mass is 9.95. The lowest BCUT2D eigenvalue weighted by molar-refractivity contribution is 0.383. The van der Waals surface area contributed by atoms with E-state index < -0.39 is 0 Å². The van der Waals surface area contributed by atoms with Gasteiger partial charge in [0.05, 0.1) is 7.11 Å². The first-order valence-electron chi connectivity index (χ1n) is 6.14. The Bertz CT molecular complexity index is 354. The number of benzene rings is 1. The van der Waals surface area contributed by atoms with Crippen molar-refractivity contribution < 1.29 is 9.13 Å². The Balaban J connectivity index is 2.65. The molecule has 0 spiro atoms. The second kappa shape index (κ2) is 6.60. The SMILES string of the molecule is CCNC(C)C(C)Cc1ccc(OC)c(F)c1. The van der Waals surface area contributed by atoms with Gasteiger partial charge in [-0.1, -0.05) is 19.9 Å². The Hall–Kier alpha value is -1.09. The van der Waals surface area contributed by atoms with E-state index in [1.807, 2.05) is 6.07 Å². The summed E-state index contributed by atoms with van der Waals surface area (Å²) >= 11 is 0. The lowest BCUT2D eigenvalue weighted by Gasteiger charge is -2.20. The molecule has 1 rings (SSSR count). The topological polar surface area (TPSA) is 21.3 Å². The average molecular weight is 239 g/mol. The summed E-state index contributed by atoms with van der Waals surface area (Å²) in [5, 5.41) is 3.38. The standard InChI is InChI=1S/C14H22FNO/c1-5-16-11(3)10(2)8-12-6-7-14(17-4)13(15)9-12/h6-7,9-11,16H,5,8H2,1-4H3. The van der Waals surface area contributed by atoms with Crippen LogP contribution in [-0.2, 0) is 6.42 Å². The number of nitrogens with one attached hydrogen (secondary N) is 1. The van der Waals surface area contributed by atoms with E-state index in [1.165, 1.54) is 7.11 Å². The lowest BCUT2D eigenvalue weighted by Crippen LogP contribution is -2.32. The molecule has 96 valence electrons. The molecule has 0 saturated carbocycles. The Morgan fingerprint density at radius 3 is 2.59 bits per heavy atom. The number of hydrogen-bond acceptors (Lipinski definition) is 2. The highest BCUT2D eigenvalue weighted by molar-refractivity contribution is 5.29. The highest BCUT2D eigenvalue weighted by atomic mass is 19.1. The summed E-state index contributed by atoms with van der Waals surface area (Å²) in [6.45, 7) is 7.39. The number of rotatable bonds is 6. The Labute approximate surface area is 103 Å². The molecule has 0 aliphatic rings. The summed E-state index contributed by atoms with van der Waals surface area (Å²) in [7, 11) is 1.48. The first kappa shape index (κ1) is 14.0. The number of ether oxygens (including phenoxy) is 1. The molecule has 2 nitrogen and oxygen atoms in total. The zero-order valence-corrected chi connectivity index (χ0v) is 11.1. The van der Waals surface area contributed by atoms with Crippen molar-refractivity contribution >= 4 is 0 Å². The van der Waals surface area contributed by atoms with Crippen molar-refractivity contribution in [2.45, 2.75) is 33.2 Å². The minimum atomic E-state index is -0.284. The molecule has 3 heteroatoms. The van der Waals surface area contributed by atoms with Crippen LogP contribution in [0.1, 0.15) is 26.3 Å². The first-order valence-corrected chi connectivity index (χ1v) is 6.14. The molecule has 0 heterocycles. The third kappa shape index (κ3) is 4.00. The Kier molecular flexibility index (Phi) is 5.42. The summed E-state index contributed by atoms with van der Waals surface area (Å²) in [5.41, 5.74) is 1.01. The summed E-state index contributed by atoms with van der Waals surface area (Å²) in [5.74, 6) is 0.497. The molecule has 0 aliphatic carbocycles. The average Bonchev–Trinajstić information content (AvgIpc) is 2.29. The molecule has 2 atom stereocenters. The van der Waals surface area contributed by atoms with E-state index in [0.29, 0.717) is 17.7 Å². The van der Waals surface area contributed by atoms with Crippen molar-refractivity contribution in [2.24, 2.45) is 5.92 Å². The summed E-state index contributed by atoms with van der Waals surface area (Å²) in [4.78, 5) is 0. The van der Waals surface area contributed by atoms with Gasteiger partial charge in [-0.15, -0.1) is 0 Å².